The summed E-state index contributed by atoms with van der Waals surface area (Å²) >= 11 is 0. The van der Waals surface area contributed by atoms with Crippen molar-refractivity contribution in [3.05, 3.63) is 40.2 Å². The van der Waals surface area contributed by atoms with Crippen LogP contribution in [0.25, 0.3) is 10.9 Å². The van der Waals surface area contributed by atoms with Gasteiger partial charge >= 0.3 is 0 Å². The molecule has 0 spiro atoms. The first kappa shape index (κ1) is 12.2. The van der Waals surface area contributed by atoms with Gasteiger partial charge in [0.15, 0.2) is 0 Å². The van der Waals surface area contributed by atoms with E-state index in [0.29, 0.717) is 11.3 Å². The summed E-state index contributed by atoms with van der Waals surface area (Å²) in [4.78, 5) is 12.2. The first-order valence-electron chi connectivity index (χ1n) is 5.66. The number of methoxy groups -OCH3 is 1. The molecular weight excluding hydrogens is 228 g/mol. The number of nitrogens with zero attached hydrogens (tertiary/aromatic N) is 2. The maximum atomic E-state index is 12.2. The van der Waals surface area contributed by atoms with Crippen molar-refractivity contribution in [1.29, 1.82) is 5.26 Å². The van der Waals surface area contributed by atoms with Crippen LogP contribution in [0.4, 0.5) is 0 Å². The van der Waals surface area contributed by atoms with Gasteiger partial charge < -0.3 is 9.30 Å². The molecule has 1 atom stereocenters. The Morgan fingerprint density at radius 2 is 2.17 bits per heavy atom. The molecule has 0 bridgehead atoms. The SMILES string of the molecule is COc1cccc2cc(C(C)C#N)c(=O)n(C)c12. The van der Waals surface area contributed by atoms with Crippen LogP contribution in [0.1, 0.15) is 18.4 Å². The molecule has 92 valence electrons. The fraction of sp³-hybridized carbons (Fsp3) is 0.286. The first-order valence-corrected chi connectivity index (χ1v) is 5.66. The molecule has 0 fully saturated rings. The summed E-state index contributed by atoms with van der Waals surface area (Å²) in [7, 11) is 3.27. The standard InChI is InChI=1S/C14H14N2O2/c1-9(8-15)11-7-10-5-4-6-12(18-3)13(10)16(2)14(11)17/h4-7,9H,1-3H3. The van der Waals surface area contributed by atoms with Crippen LogP contribution in [-0.2, 0) is 7.05 Å². The van der Waals surface area contributed by atoms with Gasteiger partial charge in [0.1, 0.15) is 5.75 Å². The van der Waals surface area contributed by atoms with Crippen molar-refractivity contribution in [2.24, 2.45) is 7.05 Å². The summed E-state index contributed by atoms with van der Waals surface area (Å²) in [5.41, 5.74) is 1.11. The molecule has 0 aliphatic heterocycles. The molecule has 0 saturated carbocycles. The van der Waals surface area contributed by atoms with E-state index >= 15 is 0 Å². The van der Waals surface area contributed by atoms with E-state index in [2.05, 4.69) is 6.07 Å². The van der Waals surface area contributed by atoms with Crippen molar-refractivity contribution >= 4 is 10.9 Å². The number of pyridine rings is 1. The van der Waals surface area contributed by atoms with Gasteiger partial charge in [-0.15, -0.1) is 0 Å². The van der Waals surface area contributed by atoms with Crippen LogP contribution in [0.2, 0.25) is 0 Å². The fourth-order valence-electron chi connectivity index (χ4n) is 2.08. The molecular formula is C14H14N2O2. The lowest BCUT2D eigenvalue weighted by Gasteiger charge is -2.12. The van der Waals surface area contributed by atoms with Crippen molar-refractivity contribution in [1.82, 2.24) is 4.57 Å². The van der Waals surface area contributed by atoms with Crippen molar-refractivity contribution in [2.45, 2.75) is 12.8 Å². The van der Waals surface area contributed by atoms with Crippen LogP contribution in [0, 0.1) is 11.3 Å². The molecule has 1 heterocycles. The Bertz CT molecular complexity index is 695. The van der Waals surface area contributed by atoms with E-state index in [4.69, 9.17) is 10.00 Å². The number of rotatable bonds is 2. The van der Waals surface area contributed by atoms with Gasteiger partial charge in [-0.05, 0) is 19.1 Å². The van der Waals surface area contributed by atoms with Crippen molar-refractivity contribution in [2.75, 3.05) is 7.11 Å². The largest absolute Gasteiger partial charge is 0.495 e. The Hall–Kier alpha value is -2.28. The number of para-hydroxylation sites is 1. The lowest BCUT2D eigenvalue weighted by Crippen LogP contribution is -2.22. The molecule has 0 aliphatic carbocycles. The lowest BCUT2D eigenvalue weighted by atomic mass is 10.0. The summed E-state index contributed by atoms with van der Waals surface area (Å²) in [6.07, 6.45) is 0. The number of hydrogen-bond donors (Lipinski definition) is 0. The number of hydrogen-bond acceptors (Lipinski definition) is 3. The van der Waals surface area contributed by atoms with Gasteiger partial charge in [-0.2, -0.15) is 5.26 Å². The molecule has 18 heavy (non-hydrogen) atoms. The van der Waals surface area contributed by atoms with Crippen LogP contribution >= 0.6 is 0 Å². The number of benzene rings is 1. The summed E-state index contributed by atoms with van der Waals surface area (Å²) in [6.45, 7) is 1.72. The van der Waals surface area contributed by atoms with Crippen molar-refractivity contribution < 1.29 is 4.74 Å². The number of nitriles is 1. The molecule has 1 aromatic heterocycles. The number of aromatic nitrogens is 1. The monoisotopic (exact) mass is 242 g/mol. The quantitative estimate of drug-likeness (QED) is 0.811. The third-order valence-electron chi connectivity index (χ3n) is 3.11. The maximum absolute atomic E-state index is 12.2. The van der Waals surface area contributed by atoms with E-state index < -0.39 is 5.92 Å². The van der Waals surface area contributed by atoms with E-state index in [-0.39, 0.29) is 5.56 Å². The lowest BCUT2D eigenvalue weighted by molar-refractivity contribution is 0.417. The highest BCUT2D eigenvalue weighted by Gasteiger charge is 2.14. The highest BCUT2D eigenvalue weighted by molar-refractivity contribution is 5.85. The summed E-state index contributed by atoms with van der Waals surface area (Å²) in [6, 6.07) is 9.46. The van der Waals surface area contributed by atoms with Crippen LogP contribution in [0.15, 0.2) is 29.1 Å². The van der Waals surface area contributed by atoms with Gasteiger partial charge in [-0.1, -0.05) is 12.1 Å². The highest BCUT2D eigenvalue weighted by atomic mass is 16.5. The smallest absolute Gasteiger partial charge is 0.255 e. The summed E-state index contributed by atoms with van der Waals surface area (Å²) in [5.74, 6) is 0.238. The molecule has 0 amide bonds. The van der Waals surface area contributed by atoms with Gasteiger partial charge in [0.2, 0.25) is 0 Å². The van der Waals surface area contributed by atoms with Crippen LogP contribution in [0.5, 0.6) is 5.75 Å². The third kappa shape index (κ3) is 1.74. The molecule has 0 N–H and O–H groups in total. The average Bonchev–Trinajstić information content (AvgIpc) is 2.41. The highest BCUT2D eigenvalue weighted by Crippen LogP contribution is 2.25. The topological polar surface area (TPSA) is 55.0 Å². The normalized spacial score (nSPS) is 12.1. The minimum absolute atomic E-state index is 0.152. The van der Waals surface area contributed by atoms with E-state index in [1.807, 2.05) is 18.2 Å². The number of ether oxygens (including phenoxy) is 1. The molecule has 0 radical (unpaired) electrons. The van der Waals surface area contributed by atoms with Gasteiger partial charge in [-0.3, -0.25) is 4.79 Å². The van der Waals surface area contributed by atoms with E-state index in [1.165, 1.54) is 4.57 Å². The Morgan fingerprint density at radius 3 is 2.78 bits per heavy atom. The van der Waals surface area contributed by atoms with Gasteiger partial charge in [0, 0.05) is 18.0 Å². The van der Waals surface area contributed by atoms with Crippen molar-refractivity contribution in [3.8, 4) is 11.8 Å². The van der Waals surface area contributed by atoms with Gasteiger partial charge in [0.25, 0.3) is 5.56 Å². The van der Waals surface area contributed by atoms with Crippen LogP contribution < -0.4 is 10.3 Å². The Labute approximate surface area is 105 Å². The number of fused-ring (bicyclic) bond motifs is 1. The number of aryl methyl sites for hydroxylation is 1. The van der Waals surface area contributed by atoms with Crippen LogP contribution in [-0.4, -0.2) is 11.7 Å². The third-order valence-corrected chi connectivity index (χ3v) is 3.11. The Balaban J connectivity index is 2.88. The van der Waals surface area contributed by atoms with Gasteiger partial charge in [-0.25, -0.2) is 0 Å². The second-order valence-corrected chi connectivity index (χ2v) is 4.21. The molecule has 4 nitrogen and oxygen atoms in total. The molecule has 4 heteroatoms. The van der Waals surface area contributed by atoms with E-state index in [1.54, 1.807) is 27.1 Å². The summed E-state index contributed by atoms with van der Waals surface area (Å²) < 4.78 is 6.80. The Kier molecular flexibility index (Phi) is 3.07. The molecule has 0 aliphatic rings. The molecule has 1 aromatic carbocycles. The minimum atomic E-state index is -0.417. The van der Waals surface area contributed by atoms with Crippen LogP contribution in [0.3, 0.4) is 0 Å². The fourth-order valence-corrected chi connectivity index (χ4v) is 2.08. The van der Waals surface area contributed by atoms with E-state index in [9.17, 15) is 4.79 Å². The predicted octanol–water partition coefficient (Wildman–Crippen LogP) is 2.17. The Morgan fingerprint density at radius 1 is 1.44 bits per heavy atom. The van der Waals surface area contributed by atoms with Gasteiger partial charge in [0.05, 0.1) is 24.6 Å². The van der Waals surface area contributed by atoms with Crippen molar-refractivity contribution in [3.63, 3.8) is 0 Å². The second kappa shape index (κ2) is 4.53. The second-order valence-electron chi connectivity index (χ2n) is 4.21. The molecule has 2 rings (SSSR count). The zero-order valence-corrected chi connectivity index (χ0v) is 10.6. The first-order chi connectivity index (χ1) is 8.60. The molecule has 1 unspecified atom stereocenters. The molecule has 0 saturated heterocycles. The average molecular weight is 242 g/mol. The van der Waals surface area contributed by atoms with E-state index in [0.717, 1.165) is 10.9 Å². The minimum Gasteiger partial charge on any atom is -0.495 e. The predicted molar refractivity (Wildman–Crippen MR) is 69.8 cm³/mol. The zero-order valence-electron chi connectivity index (χ0n) is 10.6. The zero-order chi connectivity index (χ0) is 13.3. The molecule has 2 aromatic rings. The summed E-state index contributed by atoms with van der Waals surface area (Å²) in [5, 5.41) is 9.85. The maximum Gasteiger partial charge on any atom is 0.255 e.